The number of nitrogens with one attached hydrogen (secondary N) is 1. The minimum Gasteiger partial charge on any atom is -0.489 e. The minimum atomic E-state index is -3.21. The van der Waals surface area contributed by atoms with Crippen molar-refractivity contribution in [3.8, 4) is 5.75 Å². The molecule has 1 aromatic carbocycles. The van der Waals surface area contributed by atoms with Gasteiger partial charge in [-0.3, -0.25) is 4.79 Å². The largest absolute Gasteiger partial charge is 0.489 e. The van der Waals surface area contributed by atoms with Crippen molar-refractivity contribution in [2.75, 3.05) is 37.4 Å². The smallest absolute Gasteiger partial charge is 0.227 e. The lowest BCUT2D eigenvalue weighted by Crippen LogP contribution is -2.42. The summed E-state index contributed by atoms with van der Waals surface area (Å²) in [5.74, 6) is 0.564. The molecule has 7 nitrogen and oxygen atoms in total. The predicted molar refractivity (Wildman–Crippen MR) is 117 cm³/mol. The molecule has 0 aromatic heterocycles. The van der Waals surface area contributed by atoms with Crippen LogP contribution in [0.4, 0.5) is 5.69 Å². The van der Waals surface area contributed by atoms with Crippen LogP contribution in [0.25, 0.3) is 0 Å². The van der Waals surface area contributed by atoms with E-state index in [2.05, 4.69) is 5.32 Å². The van der Waals surface area contributed by atoms with Gasteiger partial charge in [0.25, 0.3) is 0 Å². The molecule has 1 N–H and O–H groups in total. The van der Waals surface area contributed by atoms with Crippen molar-refractivity contribution < 1.29 is 22.7 Å². The van der Waals surface area contributed by atoms with E-state index in [0.29, 0.717) is 50.4 Å². The third-order valence-electron chi connectivity index (χ3n) is 5.82. The highest BCUT2D eigenvalue weighted by molar-refractivity contribution is 7.89. The van der Waals surface area contributed by atoms with Crippen LogP contribution in [0.1, 0.15) is 51.0 Å². The minimum absolute atomic E-state index is 0.0774. The number of carbonyl (C=O) groups is 1. The van der Waals surface area contributed by atoms with Crippen molar-refractivity contribution >= 4 is 21.6 Å². The van der Waals surface area contributed by atoms with Gasteiger partial charge in [0.15, 0.2) is 0 Å². The fourth-order valence-corrected chi connectivity index (χ4v) is 5.58. The van der Waals surface area contributed by atoms with E-state index in [-0.39, 0.29) is 23.7 Å². The zero-order valence-electron chi connectivity index (χ0n) is 18.1. The fraction of sp³-hybridized carbons (Fsp3) is 0.682. The van der Waals surface area contributed by atoms with Gasteiger partial charge in [-0.25, -0.2) is 12.7 Å². The maximum Gasteiger partial charge on any atom is 0.227 e. The molecule has 1 unspecified atom stereocenters. The zero-order chi connectivity index (χ0) is 21.6. The number of aryl methyl sites for hydroxylation is 1. The summed E-state index contributed by atoms with van der Waals surface area (Å²) in [6.07, 6.45) is 4.75. The number of anilines is 1. The van der Waals surface area contributed by atoms with Gasteiger partial charge in [0.2, 0.25) is 15.9 Å². The molecule has 2 aliphatic rings. The van der Waals surface area contributed by atoms with Crippen LogP contribution >= 0.6 is 0 Å². The molecule has 2 saturated heterocycles. The van der Waals surface area contributed by atoms with Crippen molar-refractivity contribution in [3.05, 3.63) is 23.8 Å². The molecule has 1 amide bonds. The van der Waals surface area contributed by atoms with Gasteiger partial charge >= 0.3 is 0 Å². The summed E-state index contributed by atoms with van der Waals surface area (Å²) in [6.45, 7) is 6.02. The number of ether oxygens (including phenoxy) is 2. The van der Waals surface area contributed by atoms with E-state index in [0.717, 1.165) is 31.4 Å². The van der Waals surface area contributed by atoms with Gasteiger partial charge in [0.1, 0.15) is 12.4 Å². The molecule has 2 heterocycles. The highest BCUT2D eigenvalue weighted by Gasteiger charge is 2.31. The molecule has 8 heteroatoms. The Morgan fingerprint density at radius 1 is 1.27 bits per heavy atom. The molecule has 2 fully saturated rings. The number of rotatable bonds is 9. The van der Waals surface area contributed by atoms with Crippen molar-refractivity contribution in [1.82, 2.24) is 4.31 Å². The molecule has 1 atom stereocenters. The number of hydrogen-bond donors (Lipinski definition) is 1. The molecule has 3 rings (SSSR count). The highest BCUT2D eigenvalue weighted by Crippen LogP contribution is 2.29. The van der Waals surface area contributed by atoms with Crippen LogP contribution in [0.15, 0.2) is 18.2 Å². The summed E-state index contributed by atoms with van der Waals surface area (Å²) in [4.78, 5) is 12.8. The molecule has 0 bridgehead atoms. The van der Waals surface area contributed by atoms with Crippen LogP contribution in [0.2, 0.25) is 0 Å². The first-order valence-electron chi connectivity index (χ1n) is 11.0. The van der Waals surface area contributed by atoms with Crippen LogP contribution in [-0.2, 0) is 19.6 Å². The van der Waals surface area contributed by atoms with Gasteiger partial charge in [-0.2, -0.15) is 0 Å². The van der Waals surface area contributed by atoms with Gasteiger partial charge in [0.05, 0.1) is 17.5 Å². The molecule has 2 aliphatic heterocycles. The van der Waals surface area contributed by atoms with Gasteiger partial charge < -0.3 is 14.8 Å². The van der Waals surface area contributed by atoms with E-state index in [1.165, 1.54) is 4.31 Å². The van der Waals surface area contributed by atoms with Crippen LogP contribution in [0.5, 0.6) is 5.75 Å². The summed E-state index contributed by atoms with van der Waals surface area (Å²) < 4.78 is 37.9. The average Bonchev–Trinajstić information content (AvgIpc) is 3.26. The van der Waals surface area contributed by atoms with Crippen LogP contribution in [0, 0.1) is 12.8 Å². The lowest BCUT2D eigenvalue weighted by molar-refractivity contribution is -0.120. The number of hydrogen-bond acceptors (Lipinski definition) is 5. The van der Waals surface area contributed by atoms with E-state index < -0.39 is 10.0 Å². The van der Waals surface area contributed by atoms with Crippen molar-refractivity contribution in [2.45, 2.75) is 58.5 Å². The molecule has 30 heavy (non-hydrogen) atoms. The van der Waals surface area contributed by atoms with Gasteiger partial charge in [-0.05, 0) is 56.7 Å². The molecule has 0 saturated carbocycles. The summed E-state index contributed by atoms with van der Waals surface area (Å²) in [5, 5.41) is 3.00. The van der Waals surface area contributed by atoms with E-state index in [1.807, 2.05) is 32.0 Å². The Hall–Kier alpha value is -1.64. The molecule has 168 valence electrons. The SMILES string of the molecule is CCCCS(=O)(=O)N1CCC(C(=O)Nc2ccc(C)cc2OCC2CCCO2)CC1. The van der Waals surface area contributed by atoms with E-state index in [9.17, 15) is 13.2 Å². The first-order valence-corrected chi connectivity index (χ1v) is 12.6. The maximum absolute atomic E-state index is 12.8. The average molecular weight is 439 g/mol. The van der Waals surface area contributed by atoms with Gasteiger partial charge in [0, 0.05) is 25.6 Å². The second kappa shape index (κ2) is 10.6. The molecule has 0 aliphatic carbocycles. The third-order valence-corrected chi connectivity index (χ3v) is 7.77. The summed E-state index contributed by atoms with van der Waals surface area (Å²) in [5.41, 5.74) is 1.71. The molecule has 0 spiro atoms. The summed E-state index contributed by atoms with van der Waals surface area (Å²) in [7, 11) is -3.21. The van der Waals surface area contributed by atoms with E-state index in [1.54, 1.807) is 0 Å². The number of sulfonamides is 1. The number of carbonyl (C=O) groups excluding carboxylic acids is 1. The predicted octanol–water partition coefficient (Wildman–Crippen LogP) is 3.33. The zero-order valence-corrected chi connectivity index (χ0v) is 18.9. The van der Waals surface area contributed by atoms with E-state index in [4.69, 9.17) is 9.47 Å². The highest BCUT2D eigenvalue weighted by atomic mass is 32.2. The monoisotopic (exact) mass is 438 g/mol. The molecule has 0 radical (unpaired) electrons. The molecule has 1 aromatic rings. The Kier molecular flexibility index (Phi) is 8.13. The number of benzene rings is 1. The number of amides is 1. The third kappa shape index (κ3) is 6.18. The van der Waals surface area contributed by atoms with Gasteiger partial charge in [-0.1, -0.05) is 19.4 Å². The molecular formula is C22H34N2O5S. The Morgan fingerprint density at radius 3 is 2.70 bits per heavy atom. The lowest BCUT2D eigenvalue weighted by Gasteiger charge is -2.30. The standard InChI is InChI=1S/C22H34N2O5S/c1-3-4-14-30(26,27)24-11-9-18(10-12-24)22(25)23-20-8-7-17(2)15-21(20)29-16-19-6-5-13-28-19/h7-8,15,18-19H,3-6,9-14,16H2,1-2H3,(H,23,25). The maximum atomic E-state index is 12.8. The van der Waals surface area contributed by atoms with Gasteiger partial charge in [-0.15, -0.1) is 0 Å². The Balaban J connectivity index is 1.56. The van der Waals surface area contributed by atoms with Crippen LogP contribution in [-0.4, -0.2) is 56.8 Å². The number of nitrogens with zero attached hydrogens (tertiary/aromatic N) is 1. The molecular weight excluding hydrogens is 404 g/mol. The summed E-state index contributed by atoms with van der Waals surface area (Å²) >= 11 is 0. The van der Waals surface area contributed by atoms with Crippen molar-refractivity contribution in [3.63, 3.8) is 0 Å². The topological polar surface area (TPSA) is 84.9 Å². The fourth-order valence-electron chi connectivity index (χ4n) is 3.90. The Bertz CT molecular complexity index is 813. The van der Waals surface area contributed by atoms with Crippen molar-refractivity contribution in [2.24, 2.45) is 5.92 Å². The second-order valence-electron chi connectivity index (χ2n) is 8.28. The normalized spacial score (nSPS) is 20.9. The first kappa shape index (κ1) is 23.0. The van der Waals surface area contributed by atoms with Crippen LogP contribution < -0.4 is 10.1 Å². The first-order chi connectivity index (χ1) is 14.4. The Labute approximate surface area is 180 Å². The quantitative estimate of drug-likeness (QED) is 0.639. The number of unbranched alkanes of at least 4 members (excludes halogenated alkanes) is 1. The number of piperidine rings is 1. The van der Waals surface area contributed by atoms with Crippen LogP contribution in [0.3, 0.4) is 0 Å². The summed E-state index contributed by atoms with van der Waals surface area (Å²) in [6, 6.07) is 5.73. The lowest BCUT2D eigenvalue weighted by atomic mass is 9.97. The van der Waals surface area contributed by atoms with Crippen molar-refractivity contribution in [1.29, 1.82) is 0 Å². The van der Waals surface area contributed by atoms with E-state index >= 15 is 0 Å². The Morgan fingerprint density at radius 2 is 2.03 bits per heavy atom. The second-order valence-corrected chi connectivity index (χ2v) is 10.4.